The molecule has 1 aromatic carbocycles. The lowest BCUT2D eigenvalue weighted by molar-refractivity contribution is -0.135. The number of piperidine rings is 1. The van der Waals surface area contributed by atoms with Gasteiger partial charge in [0, 0.05) is 19.6 Å². The minimum absolute atomic E-state index is 0.00761. The molecule has 152 valence electrons. The molecule has 0 saturated carbocycles. The first kappa shape index (κ1) is 20.3. The van der Waals surface area contributed by atoms with Crippen LogP contribution in [0.15, 0.2) is 24.3 Å². The van der Waals surface area contributed by atoms with E-state index in [9.17, 15) is 23.9 Å². The number of hydrogen-bond acceptors (Lipinski definition) is 4. The lowest BCUT2D eigenvalue weighted by Gasteiger charge is -2.42. The maximum Gasteiger partial charge on any atom is 0.327 e. The quantitative estimate of drug-likeness (QED) is 0.775. The number of carbonyl (C=O) groups is 3. The number of likely N-dealkylation sites (tertiary alicyclic amines) is 1. The summed E-state index contributed by atoms with van der Waals surface area (Å²) < 4.78 is 14.0. The first-order valence-electron chi connectivity index (χ1n) is 9.60. The summed E-state index contributed by atoms with van der Waals surface area (Å²) >= 11 is 0. The Bertz CT molecular complexity index is 774. The molecule has 4 amide bonds. The number of aliphatic hydroxyl groups is 1. The smallest absolute Gasteiger partial charge is 0.327 e. The largest absolute Gasteiger partial charge is 0.395 e. The number of aliphatic hydroxyl groups excluding tert-OH is 1. The summed E-state index contributed by atoms with van der Waals surface area (Å²) in [6, 6.07) is 5.44. The van der Waals surface area contributed by atoms with Gasteiger partial charge in [-0.3, -0.25) is 14.5 Å². The van der Waals surface area contributed by atoms with Crippen molar-refractivity contribution < 1.29 is 23.9 Å². The molecule has 28 heavy (non-hydrogen) atoms. The van der Waals surface area contributed by atoms with E-state index in [1.807, 2.05) is 13.8 Å². The molecule has 0 aromatic heterocycles. The number of β-amino-alcohol motifs (C(OH)–C–C–N with tert-alkyl or cyclic N) is 1. The number of urea groups is 1. The minimum Gasteiger partial charge on any atom is -0.395 e. The molecule has 0 radical (unpaired) electrons. The number of rotatable bonds is 5. The van der Waals surface area contributed by atoms with Gasteiger partial charge in [-0.15, -0.1) is 0 Å². The first-order valence-corrected chi connectivity index (χ1v) is 9.60. The summed E-state index contributed by atoms with van der Waals surface area (Å²) in [5.41, 5.74) is -0.990. The summed E-state index contributed by atoms with van der Waals surface area (Å²) in [6.07, 6.45) is 0.596. The monoisotopic (exact) mass is 391 g/mol. The maximum absolute atomic E-state index is 14.0. The van der Waals surface area contributed by atoms with Crippen molar-refractivity contribution in [2.45, 2.75) is 32.2 Å². The molecule has 0 atom stereocenters. The summed E-state index contributed by atoms with van der Waals surface area (Å²) in [5, 5.41) is 9.23. The van der Waals surface area contributed by atoms with Gasteiger partial charge in [0.15, 0.2) is 0 Å². The Labute approximate surface area is 163 Å². The molecular formula is C20H26FN3O4. The Kier molecular flexibility index (Phi) is 5.69. The van der Waals surface area contributed by atoms with Crippen molar-refractivity contribution in [1.82, 2.24) is 14.7 Å². The maximum atomic E-state index is 14.0. The molecule has 2 saturated heterocycles. The first-order chi connectivity index (χ1) is 13.3. The van der Waals surface area contributed by atoms with Crippen molar-refractivity contribution in [3.63, 3.8) is 0 Å². The van der Waals surface area contributed by atoms with Crippen LogP contribution in [0.1, 0.15) is 37.0 Å². The van der Waals surface area contributed by atoms with Crippen LogP contribution in [0.25, 0.3) is 0 Å². The standard InChI is InChI=1S/C20H26FN3O4/c1-14(2)13-24-19(28)23(11-12-25)18(27)20(24)7-9-22(10-8-20)17(26)15-5-3-4-6-16(15)21/h3-6,14,25H,7-13H2,1-2H3. The fourth-order valence-electron chi connectivity index (χ4n) is 4.07. The lowest BCUT2D eigenvalue weighted by Crippen LogP contribution is -2.58. The van der Waals surface area contributed by atoms with Crippen LogP contribution < -0.4 is 0 Å². The van der Waals surface area contributed by atoms with Gasteiger partial charge >= 0.3 is 6.03 Å². The number of nitrogens with zero attached hydrogens (tertiary/aromatic N) is 3. The van der Waals surface area contributed by atoms with E-state index < -0.39 is 17.3 Å². The van der Waals surface area contributed by atoms with Crippen molar-refractivity contribution in [2.75, 3.05) is 32.8 Å². The zero-order chi connectivity index (χ0) is 20.5. The molecule has 2 aliphatic rings. The molecule has 1 N–H and O–H groups in total. The van der Waals surface area contributed by atoms with Gasteiger partial charge in [-0.25, -0.2) is 9.18 Å². The average Bonchev–Trinajstić information content (AvgIpc) is 2.85. The van der Waals surface area contributed by atoms with Crippen LogP contribution in [0.4, 0.5) is 9.18 Å². The number of benzene rings is 1. The molecule has 0 aliphatic carbocycles. The second-order valence-corrected chi connectivity index (χ2v) is 7.77. The zero-order valence-corrected chi connectivity index (χ0v) is 16.2. The molecule has 0 bridgehead atoms. The minimum atomic E-state index is -0.997. The molecule has 3 rings (SSSR count). The lowest BCUT2D eigenvalue weighted by atomic mass is 9.85. The van der Waals surface area contributed by atoms with E-state index in [-0.39, 0.29) is 49.7 Å². The number of imide groups is 1. The van der Waals surface area contributed by atoms with Gasteiger partial charge in [0.1, 0.15) is 11.4 Å². The topological polar surface area (TPSA) is 81.2 Å². The van der Waals surface area contributed by atoms with Crippen molar-refractivity contribution in [3.8, 4) is 0 Å². The summed E-state index contributed by atoms with van der Waals surface area (Å²) in [5.74, 6) is -1.13. The normalized spacial score (nSPS) is 19.2. The molecule has 8 heteroatoms. The number of halogens is 1. The van der Waals surface area contributed by atoms with E-state index >= 15 is 0 Å². The van der Waals surface area contributed by atoms with Crippen LogP contribution in [-0.2, 0) is 4.79 Å². The van der Waals surface area contributed by atoms with Crippen molar-refractivity contribution in [2.24, 2.45) is 5.92 Å². The number of carbonyl (C=O) groups excluding carboxylic acids is 3. The second-order valence-electron chi connectivity index (χ2n) is 7.77. The van der Waals surface area contributed by atoms with Crippen molar-refractivity contribution in [1.29, 1.82) is 0 Å². The third kappa shape index (κ3) is 3.37. The van der Waals surface area contributed by atoms with Gasteiger partial charge < -0.3 is 14.9 Å². The Morgan fingerprint density at radius 1 is 1.21 bits per heavy atom. The molecule has 1 spiro atoms. The highest BCUT2D eigenvalue weighted by Crippen LogP contribution is 2.38. The summed E-state index contributed by atoms with van der Waals surface area (Å²) in [4.78, 5) is 42.8. The zero-order valence-electron chi connectivity index (χ0n) is 16.2. The van der Waals surface area contributed by atoms with Gasteiger partial charge in [0.2, 0.25) is 0 Å². The average molecular weight is 391 g/mol. The van der Waals surface area contributed by atoms with Gasteiger partial charge in [0.05, 0.1) is 18.7 Å². The highest BCUT2D eigenvalue weighted by molar-refractivity contribution is 6.07. The van der Waals surface area contributed by atoms with Crippen LogP contribution in [-0.4, -0.2) is 76.0 Å². The predicted octanol–water partition coefficient (Wildman–Crippen LogP) is 1.71. The third-order valence-corrected chi connectivity index (χ3v) is 5.48. The van der Waals surface area contributed by atoms with Crippen LogP contribution in [0.2, 0.25) is 0 Å². The molecule has 7 nitrogen and oxygen atoms in total. The van der Waals surface area contributed by atoms with E-state index in [1.165, 1.54) is 23.1 Å². The van der Waals surface area contributed by atoms with Gasteiger partial charge in [-0.1, -0.05) is 26.0 Å². The molecule has 2 heterocycles. The van der Waals surface area contributed by atoms with E-state index in [4.69, 9.17) is 0 Å². The van der Waals surface area contributed by atoms with Crippen LogP contribution in [0, 0.1) is 11.7 Å². The fraction of sp³-hybridized carbons (Fsp3) is 0.550. The third-order valence-electron chi connectivity index (χ3n) is 5.48. The Morgan fingerprint density at radius 3 is 2.43 bits per heavy atom. The molecule has 2 fully saturated rings. The molecule has 1 aromatic rings. The number of amides is 4. The predicted molar refractivity (Wildman–Crippen MR) is 100 cm³/mol. The molecule has 2 aliphatic heterocycles. The van der Waals surface area contributed by atoms with Gasteiger partial charge in [0.25, 0.3) is 11.8 Å². The highest BCUT2D eigenvalue weighted by Gasteiger charge is 2.58. The molecular weight excluding hydrogens is 365 g/mol. The SMILES string of the molecule is CC(C)CN1C(=O)N(CCO)C(=O)C12CCN(C(=O)c1ccccc1F)CC2. The second kappa shape index (κ2) is 7.87. The van der Waals surface area contributed by atoms with Crippen LogP contribution in [0.5, 0.6) is 0 Å². The Morgan fingerprint density at radius 2 is 1.86 bits per heavy atom. The van der Waals surface area contributed by atoms with E-state index in [2.05, 4.69) is 0 Å². The summed E-state index contributed by atoms with van der Waals surface area (Å²) in [7, 11) is 0. The Hall–Kier alpha value is -2.48. The number of hydrogen-bond donors (Lipinski definition) is 1. The summed E-state index contributed by atoms with van der Waals surface area (Å²) in [6.45, 7) is 4.55. The van der Waals surface area contributed by atoms with Crippen molar-refractivity contribution in [3.05, 3.63) is 35.6 Å². The van der Waals surface area contributed by atoms with E-state index in [0.717, 1.165) is 4.90 Å². The van der Waals surface area contributed by atoms with Crippen LogP contribution in [0.3, 0.4) is 0 Å². The Balaban J connectivity index is 1.81. The van der Waals surface area contributed by atoms with Gasteiger partial charge in [-0.05, 0) is 30.9 Å². The van der Waals surface area contributed by atoms with Crippen molar-refractivity contribution >= 4 is 17.8 Å². The van der Waals surface area contributed by atoms with E-state index in [0.29, 0.717) is 19.4 Å². The van der Waals surface area contributed by atoms with Crippen LogP contribution >= 0.6 is 0 Å². The van der Waals surface area contributed by atoms with Gasteiger partial charge in [-0.2, -0.15) is 0 Å². The fourth-order valence-corrected chi connectivity index (χ4v) is 4.07. The van der Waals surface area contributed by atoms with E-state index in [1.54, 1.807) is 11.0 Å². The molecule has 0 unspecified atom stereocenters. The highest BCUT2D eigenvalue weighted by atomic mass is 19.1.